The van der Waals surface area contributed by atoms with E-state index < -0.39 is 0 Å². The number of halogens is 1. The van der Waals surface area contributed by atoms with Crippen molar-refractivity contribution in [2.75, 3.05) is 5.73 Å². The fourth-order valence-electron chi connectivity index (χ4n) is 2.21. The van der Waals surface area contributed by atoms with Gasteiger partial charge in [-0.05, 0) is 36.4 Å². The van der Waals surface area contributed by atoms with Crippen molar-refractivity contribution < 1.29 is 4.39 Å². The quantitative estimate of drug-likeness (QED) is 0.571. The molecule has 0 radical (unpaired) electrons. The third-order valence-corrected chi connectivity index (χ3v) is 3.13. The largest absolute Gasteiger partial charge is 0.399 e. The Balaban J connectivity index is 2.26. The van der Waals surface area contributed by atoms with Crippen LogP contribution in [0.2, 0.25) is 0 Å². The second-order valence-electron chi connectivity index (χ2n) is 4.48. The maximum absolute atomic E-state index is 13.3. The van der Waals surface area contributed by atoms with Gasteiger partial charge in [0.1, 0.15) is 11.6 Å². The number of rotatable bonds is 2. The van der Waals surface area contributed by atoms with Gasteiger partial charge in [-0.1, -0.05) is 5.92 Å². The van der Waals surface area contributed by atoms with Gasteiger partial charge in [0.15, 0.2) is 0 Å². The normalized spacial score (nSPS) is 10.6. The van der Waals surface area contributed by atoms with Gasteiger partial charge in [0.2, 0.25) is 0 Å². The van der Waals surface area contributed by atoms with E-state index >= 15 is 0 Å². The molecule has 0 aliphatic heterocycles. The number of imidazole rings is 1. The molecule has 0 atom stereocenters. The molecule has 3 nitrogen and oxygen atoms in total. The summed E-state index contributed by atoms with van der Waals surface area (Å²) in [5, 5.41) is 0. The maximum Gasteiger partial charge on any atom is 0.141 e. The first-order valence-corrected chi connectivity index (χ1v) is 6.14. The Bertz CT molecular complexity index is 810. The number of hydrogen-bond donors (Lipinski definition) is 1. The minimum atomic E-state index is -0.313. The Labute approximate surface area is 115 Å². The number of benzene rings is 2. The number of hydrogen-bond acceptors (Lipinski definition) is 2. The van der Waals surface area contributed by atoms with E-state index in [2.05, 4.69) is 10.9 Å². The van der Waals surface area contributed by atoms with E-state index in [1.165, 1.54) is 12.1 Å². The smallest absolute Gasteiger partial charge is 0.141 e. The molecule has 1 heterocycles. The van der Waals surface area contributed by atoms with Crippen LogP contribution in [0.3, 0.4) is 0 Å². The molecular formula is C16H12FN3. The van der Waals surface area contributed by atoms with Crippen LogP contribution >= 0.6 is 0 Å². The van der Waals surface area contributed by atoms with E-state index in [1.807, 2.05) is 16.7 Å². The second-order valence-corrected chi connectivity index (χ2v) is 4.48. The van der Waals surface area contributed by atoms with Crippen LogP contribution in [-0.2, 0) is 6.54 Å². The topological polar surface area (TPSA) is 43.8 Å². The number of nitrogen functional groups attached to an aromatic ring is 1. The Hall–Kier alpha value is -2.80. The van der Waals surface area contributed by atoms with E-state index in [0.29, 0.717) is 23.6 Å². The molecule has 0 unspecified atom stereocenters. The van der Waals surface area contributed by atoms with Gasteiger partial charge in [-0.3, -0.25) is 0 Å². The molecule has 2 N–H and O–H groups in total. The first-order valence-electron chi connectivity index (χ1n) is 6.14. The molecule has 20 heavy (non-hydrogen) atoms. The summed E-state index contributed by atoms with van der Waals surface area (Å²) in [6.07, 6.45) is 5.42. The monoisotopic (exact) mass is 265 g/mol. The molecule has 0 bridgehead atoms. The molecule has 3 rings (SSSR count). The fourth-order valence-corrected chi connectivity index (χ4v) is 2.21. The first kappa shape index (κ1) is 12.2. The van der Waals surface area contributed by atoms with E-state index in [9.17, 15) is 4.39 Å². The summed E-state index contributed by atoms with van der Waals surface area (Å²) in [6, 6.07) is 11.9. The van der Waals surface area contributed by atoms with Gasteiger partial charge in [0.25, 0.3) is 0 Å². The predicted octanol–water partition coefficient (Wildman–Crippen LogP) is 3.06. The fraction of sp³-hybridized carbons (Fsp3) is 0.0625. The van der Waals surface area contributed by atoms with Crippen LogP contribution in [0.15, 0.2) is 42.5 Å². The van der Waals surface area contributed by atoms with E-state index in [1.54, 1.807) is 18.2 Å². The molecule has 0 fully saturated rings. The van der Waals surface area contributed by atoms with Crippen LogP contribution < -0.4 is 5.73 Å². The second kappa shape index (κ2) is 4.71. The minimum Gasteiger partial charge on any atom is -0.399 e. The van der Waals surface area contributed by atoms with E-state index in [4.69, 9.17) is 12.2 Å². The lowest BCUT2D eigenvalue weighted by atomic mass is 10.2. The van der Waals surface area contributed by atoms with Gasteiger partial charge in [-0.2, -0.15) is 0 Å². The number of terminal acetylenes is 1. The Morgan fingerprint density at radius 3 is 2.65 bits per heavy atom. The summed E-state index contributed by atoms with van der Waals surface area (Å²) >= 11 is 0. The predicted molar refractivity (Wildman–Crippen MR) is 78.4 cm³/mol. The van der Waals surface area contributed by atoms with Crippen LogP contribution in [-0.4, -0.2) is 9.55 Å². The molecule has 3 aromatic rings. The zero-order valence-electron chi connectivity index (χ0n) is 10.7. The Morgan fingerprint density at radius 2 is 1.95 bits per heavy atom. The summed E-state index contributed by atoms with van der Waals surface area (Å²) in [6.45, 7) is 0.377. The van der Waals surface area contributed by atoms with Gasteiger partial charge in [0.05, 0.1) is 17.6 Å². The highest BCUT2D eigenvalue weighted by Gasteiger charge is 2.12. The molecule has 0 aliphatic rings. The maximum atomic E-state index is 13.3. The van der Waals surface area contributed by atoms with Crippen molar-refractivity contribution in [3.05, 3.63) is 48.3 Å². The number of anilines is 1. The Kier molecular flexibility index (Phi) is 2.88. The van der Waals surface area contributed by atoms with E-state index in [-0.39, 0.29) is 5.82 Å². The standard InChI is InChI=1S/C16H12FN3/c1-2-9-20-15-8-5-12(17)10-14(15)19-16(20)11-3-6-13(18)7-4-11/h1,3-8,10H,9,18H2. The highest BCUT2D eigenvalue weighted by Crippen LogP contribution is 2.25. The average Bonchev–Trinajstić information content (AvgIpc) is 2.78. The summed E-state index contributed by atoms with van der Waals surface area (Å²) in [5.74, 6) is 3.00. The van der Waals surface area contributed by atoms with E-state index in [0.717, 1.165) is 11.1 Å². The van der Waals surface area contributed by atoms with Crippen LogP contribution in [0.4, 0.5) is 10.1 Å². The molecule has 0 saturated carbocycles. The molecule has 2 aromatic carbocycles. The number of aromatic nitrogens is 2. The number of nitrogens with zero attached hydrogens (tertiary/aromatic N) is 2. The molecule has 0 saturated heterocycles. The summed E-state index contributed by atoms with van der Waals surface area (Å²) in [5.41, 5.74) is 8.67. The van der Waals surface area contributed by atoms with Crippen LogP contribution in [0.5, 0.6) is 0 Å². The minimum absolute atomic E-state index is 0.313. The SMILES string of the molecule is C#CCn1c(-c2ccc(N)cc2)nc2cc(F)ccc21. The van der Waals surface area contributed by atoms with Crippen molar-refractivity contribution >= 4 is 16.7 Å². The van der Waals surface area contributed by atoms with Crippen molar-refractivity contribution in [1.82, 2.24) is 9.55 Å². The van der Waals surface area contributed by atoms with Crippen LogP contribution in [0.1, 0.15) is 0 Å². The van der Waals surface area contributed by atoms with Gasteiger partial charge in [-0.15, -0.1) is 6.42 Å². The molecule has 4 heteroatoms. The summed E-state index contributed by atoms with van der Waals surface area (Å²) < 4.78 is 15.2. The molecule has 0 amide bonds. The summed E-state index contributed by atoms with van der Waals surface area (Å²) in [7, 11) is 0. The van der Waals surface area contributed by atoms with Crippen molar-refractivity contribution in [3.8, 4) is 23.7 Å². The van der Waals surface area contributed by atoms with Crippen LogP contribution in [0.25, 0.3) is 22.4 Å². The van der Waals surface area contributed by atoms with Gasteiger partial charge >= 0.3 is 0 Å². The molecule has 98 valence electrons. The number of fused-ring (bicyclic) bond motifs is 1. The lowest BCUT2D eigenvalue weighted by molar-refractivity contribution is 0.629. The lowest BCUT2D eigenvalue weighted by Crippen LogP contribution is -1.98. The van der Waals surface area contributed by atoms with Gasteiger partial charge in [0, 0.05) is 17.3 Å². The average molecular weight is 265 g/mol. The van der Waals surface area contributed by atoms with Gasteiger partial charge in [-0.25, -0.2) is 9.37 Å². The summed E-state index contributed by atoms with van der Waals surface area (Å²) in [4.78, 5) is 4.48. The van der Waals surface area contributed by atoms with Gasteiger partial charge < -0.3 is 10.3 Å². The molecule has 0 aliphatic carbocycles. The molecular weight excluding hydrogens is 253 g/mol. The van der Waals surface area contributed by atoms with Crippen LogP contribution in [0, 0.1) is 18.2 Å². The zero-order chi connectivity index (χ0) is 14.1. The van der Waals surface area contributed by atoms with Crippen molar-refractivity contribution in [1.29, 1.82) is 0 Å². The third kappa shape index (κ3) is 1.99. The van der Waals surface area contributed by atoms with Crippen molar-refractivity contribution in [2.45, 2.75) is 6.54 Å². The highest BCUT2D eigenvalue weighted by atomic mass is 19.1. The Morgan fingerprint density at radius 1 is 1.20 bits per heavy atom. The third-order valence-electron chi connectivity index (χ3n) is 3.13. The number of nitrogens with two attached hydrogens (primary N) is 1. The van der Waals surface area contributed by atoms with Crippen molar-refractivity contribution in [3.63, 3.8) is 0 Å². The molecule has 0 spiro atoms. The highest BCUT2D eigenvalue weighted by molar-refractivity contribution is 5.81. The first-order chi connectivity index (χ1) is 9.69. The zero-order valence-corrected chi connectivity index (χ0v) is 10.7. The lowest BCUT2D eigenvalue weighted by Gasteiger charge is -2.05. The van der Waals surface area contributed by atoms with Crippen molar-refractivity contribution in [2.24, 2.45) is 0 Å². The molecule has 1 aromatic heterocycles.